The van der Waals surface area contributed by atoms with E-state index in [0.29, 0.717) is 0 Å². The standard InChI is InChI=1S/C10H11N/c1-4-9-6-10(5-2)11-7-8(9)3/h4-7H,1-2H2,3H3. The van der Waals surface area contributed by atoms with Crippen LogP contribution in [0, 0.1) is 6.92 Å². The van der Waals surface area contributed by atoms with E-state index in [1.165, 1.54) is 0 Å². The molecule has 0 spiro atoms. The lowest BCUT2D eigenvalue weighted by Gasteiger charge is -1.99. The van der Waals surface area contributed by atoms with Crippen LogP contribution in [0.4, 0.5) is 0 Å². The van der Waals surface area contributed by atoms with Crippen LogP contribution < -0.4 is 0 Å². The summed E-state index contributed by atoms with van der Waals surface area (Å²) in [6.45, 7) is 9.36. The van der Waals surface area contributed by atoms with Crippen LogP contribution in [-0.4, -0.2) is 4.98 Å². The van der Waals surface area contributed by atoms with Gasteiger partial charge in [0.15, 0.2) is 0 Å². The number of pyridine rings is 1. The minimum atomic E-state index is 0.894. The van der Waals surface area contributed by atoms with E-state index in [2.05, 4.69) is 18.1 Å². The molecule has 1 heterocycles. The lowest BCUT2D eigenvalue weighted by molar-refractivity contribution is 1.23. The van der Waals surface area contributed by atoms with Crippen molar-refractivity contribution in [2.75, 3.05) is 0 Å². The van der Waals surface area contributed by atoms with Crippen molar-refractivity contribution < 1.29 is 0 Å². The third-order valence-corrected chi connectivity index (χ3v) is 1.60. The Balaban J connectivity index is 3.22. The number of hydrogen-bond donors (Lipinski definition) is 0. The van der Waals surface area contributed by atoms with Crippen LogP contribution in [0.25, 0.3) is 12.2 Å². The number of aryl methyl sites for hydroxylation is 1. The van der Waals surface area contributed by atoms with E-state index in [1.54, 1.807) is 6.08 Å². The zero-order chi connectivity index (χ0) is 8.27. The van der Waals surface area contributed by atoms with Crippen molar-refractivity contribution in [3.05, 3.63) is 42.2 Å². The smallest absolute Gasteiger partial charge is 0.0629 e. The maximum absolute atomic E-state index is 4.14. The molecule has 1 heteroatoms. The average Bonchev–Trinajstić information content (AvgIpc) is 2.05. The van der Waals surface area contributed by atoms with E-state index in [9.17, 15) is 0 Å². The minimum Gasteiger partial charge on any atom is -0.257 e. The maximum atomic E-state index is 4.14. The molecular formula is C10H11N. The second-order valence-electron chi connectivity index (χ2n) is 2.37. The van der Waals surface area contributed by atoms with Gasteiger partial charge in [-0.1, -0.05) is 19.2 Å². The van der Waals surface area contributed by atoms with Crippen molar-refractivity contribution in [2.45, 2.75) is 6.92 Å². The van der Waals surface area contributed by atoms with Crippen molar-refractivity contribution >= 4 is 12.2 Å². The van der Waals surface area contributed by atoms with Gasteiger partial charge in [-0.3, -0.25) is 4.98 Å². The van der Waals surface area contributed by atoms with Gasteiger partial charge in [-0.15, -0.1) is 0 Å². The first kappa shape index (κ1) is 7.73. The van der Waals surface area contributed by atoms with Gasteiger partial charge in [0.2, 0.25) is 0 Å². The zero-order valence-corrected chi connectivity index (χ0v) is 6.67. The Hall–Kier alpha value is -1.37. The van der Waals surface area contributed by atoms with Gasteiger partial charge in [-0.05, 0) is 30.2 Å². The normalized spacial score (nSPS) is 9.18. The number of nitrogens with zero attached hydrogens (tertiary/aromatic N) is 1. The molecule has 0 atom stereocenters. The van der Waals surface area contributed by atoms with Gasteiger partial charge in [0.1, 0.15) is 0 Å². The second-order valence-corrected chi connectivity index (χ2v) is 2.37. The average molecular weight is 145 g/mol. The molecule has 1 aromatic rings. The molecule has 0 aliphatic rings. The quantitative estimate of drug-likeness (QED) is 0.623. The van der Waals surface area contributed by atoms with Crippen molar-refractivity contribution in [1.82, 2.24) is 4.98 Å². The molecule has 0 amide bonds. The molecule has 0 radical (unpaired) electrons. The summed E-state index contributed by atoms with van der Waals surface area (Å²) in [5.74, 6) is 0. The van der Waals surface area contributed by atoms with E-state index < -0.39 is 0 Å². The molecule has 56 valence electrons. The largest absolute Gasteiger partial charge is 0.257 e. The predicted molar refractivity (Wildman–Crippen MR) is 49.2 cm³/mol. The second kappa shape index (κ2) is 3.15. The summed E-state index contributed by atoms with van der Waals surface area (Å²) in [6.07, 6.45) is 5.38. The highest BCUT2D eigenvalue weighted by Crippen LogP contribution is 2.09. The van der Waals surface area contributed by atoms with Crippen LogP contribution in [0.3, 0.4) is 0 Å². The first-order chi connectivity index (χ1) is 5.27. The number of aromatic nitrogens is 1. The summed E-state index contributed by atoms with van der Waals surface area (Å²) in [5, 5.41) is 0. The van der Waals surface area contributed by atoms with Gasteiger partial charge in [0, 0.05) is 6.20 Å². The highest BCUT2D eigenvalue weighted by molar-refractivity contribution is 5.55. The summed E-state index contributed by atoms with van der Waals surface area (Å²) >= 11 is 0. The summed E-state index contributed by atoms with van der Waals surface area (Å²) in [7, 11) is 0. The van der Waals surface area contributed by atoms with Crippen LogP contribution >= 0.6 is 0 Å². The van der Waals surface area contributed by atoms with Gasteiger partial charge < -0.3 is 0 Å². The van der Waals surface area contributed by atoms with Gasteiger partial charge in [0.25, 0.3) is 0 Å². The van der Waals surface area contributed by atoms with Crippen LogP contribution in [0.15, 0.2) is 25.4 Å². The molecule has 1 rings (SSSR count). The number of rotatable bonds is 2. The Morgan fingerprint density at radius 1 is 1.36 bits per heavy atom. The van der Waals surface area contributed by atoms with Gasteiger partial charge in [-0.25, -0.2) is 0 Å². The van der Waals surface area contributed by atoms with Crippen molar-refractivity contribution in [3.63, 3.8) is 0 Å². The van der Waals surface area contributed by atoms with E-state index in [0.717, 1.165) is 16.8 Å². The topological polar surface area (TPSA) is 12.9 Å². The molecule has 1 nitrogen and oxygen atoms in total. The molecule has 1 aromatic heterocycles. The van der Waals surface area contributed by atoms with Gasteiger partial charge in [-0.2, -0.15) is 0 Å². The third-order valence-electron chi connectivity index (χ3n) is 1.60. The molecule has 0 aliphatic heterocycles. The SMILES string of the molecule is C=Cc1cc(C=C)c(C)cn1. The van der Waals surface area contributed by atoms with Crippen LogP contribution in [0.5, 0.6) is 0 Å². The molecular weight excluding hydrogens is 134 g/mol. The van der Waals surface area contributed by atoms with E-state index in [1.807, 2.05) is 25.3 Å². The fraction of sp³-hybridized carbons (Fsp3) is 0.100. The molecule has 0 fully saturated rings. The Kier molecular flexibility index (Phi) is 2.21. The van der Waals surface area contributed by atoms with E-state index in [4.69, 9.17) is 0 Å². The minimum absolute atomic E-state index is 0.894. The van der Waals surface area contributed by atoms with Crippen molar-refractivity contribution in [2.24, 2.45) is 0 Å². The fourth-order valence-electron chi connectivity index (χ4n) is 0.888. The maximum Gasteiger partial charge on any atom is 0.0629 e. The van der Waals surface area contributed by atoms with Crippen LogP contribution in [0.1, 0.15) is 16.8 Å². The monoisotopic (exact) mass is 145 g/mol. The molecule has 0 aliphatic carbocycles. The summed E-state index contributed by atoms with van der Waals surface area (Å²) in [5.41, 5.74) is 3.16. The number of hydrogen-bond acceptors (Lipinski definition) is 1. The molecule has 0 aromatic carbocycles. The predicted octanol–water partition coefficient (Wildman–Crippen LogP) is 2.68. The summed E-state index contributed by atoms with van der Waals surface area (Å²) < 4.78 is 0. The highest BCUT2D eigenvalue weighted by atomic mass is 14.7. The first-order valence-electron chi connectivity index (χ1n) is 3.49. The Labute approximate surface area is 67.1 Å². The summed E-state index contributed by atoms with van der Waals surface area (Å²) in [6, 6.07) is 1.97. The summed E-state index contributed by atoms with van der Waals surface area (Å²) in [4.78, 5) is 4.14. The van der Waals surface area contributed by atoms with Crippen molar-refractivity contribution in [1.29, 1.82) is 0 Å². The van der Waals surface area contributed by atoms with Gasteiger partial charge in [0.05, 0.1) is 5.69 Å². The molecule has 11 heavy (non-hydrogen) atoms. The lowest BCUT2D eigenvalue weighted by Crippen LogP contribution is -1.85. The molecule has 0 saturated carbocycles. The van der Waals surface area contributed by atoms with Crippen LogP contribution in [0.2, 0.25) is 0 Å². The fourth-order valence-corrected chi connectivity index (χ4v) is 0.888. The van der Waals surface area contributed by atoms with Crippen LogP contribution in [-0.2, 0) is 0 Å². The highest BCUT2D eigenvalue weighted by Gasteiger charge is 1.94. The third kappa shape index (κ3) is 1.55. The molecule has 0 unspecified atom stereocenters. The molecule has 0 saturated heterocycles. The Bertz CT molecular complexity index is 287. The van der Waals surface area contributed by atoms with Gasteiger partial charge >= 0.3 is 0 Å². The van der Waals surface area contributed by atoms with E-state index >= 15 is 0 Å². The Morgan fingerprint density at radius 2 is 2.09 bits per heavy atom. The van der Waals surface area contributed by atoms with E-state index in [-0.39, 0.29) is 0 Å². The molecule has 0 bridgehead atoms. The van der Waals surface area contributed by atoms with Crippen molar-refractivity contribution in [3.8, 4) is 0 Å². The zero-order valence-electron chi connectivity index (χ0n) is 6.67. The first-order valence-corrected chi connectivity index (χ1v) is 3.49. The Morgan fingerprint density at radius 3 is 2.64 bits per heavy atom. The lowest BCUT2D eigenvalue weighted by atomic mass is 10.1. The molecule has 0 N–H and O–H groups in total.